The molecule has 1 saturated carbocycles. The van der Waals surface area contributed by atoms with Crippen molar-refractivity contribution in [3.05, 3.63) is 36.4 Å². The van der Waals surface area contributed by atoms with E-state index in [1.165, 1.54) is 6.42 Å². The first-order chi connectivity index (χ1) is 11.5. The Labute approximate surface area is 144 Å². The lowest BCUT2D eigenvalue weighted by Gasteiger charge is -2.29. The molecular formula is C19H25NO3S. The molecule has 4 nitrogen and oxygen atoms in total. The summed E-state index contributed by atoms with van der Waals surface area (Å²) in [5.74, 6) is 1.10. The van der Waals surface area contributed by atoms with E-state index in [2.05, 4.69) is 11.6 Å². The Morgan fingerprint density at radius 1 is 1.08 bits per heavy atom. The lowest BCUT2D eigenvalue weighted by molar-refractivity contribution is 0.310. The molecule has 2 aromatic carbocycles. The van der Waals surface area contributed by atoms with E-state index < -0.39 is 10.0 Å². The SMILES string of the molecule is CCOc1ccc(S(=O)(=O)NC2CCCCC2C)c2ccccc12. The van der Waals surface area contributed by atoms with Crippen molar-refractivity contribution in [2.75, 3.05) is 6.61 Å². The maximum Gasteiger partial charge on any atom is 0.241 e. The predicted molar refractivity (Wildman–Crippen MR) is 96.9 cm³/mol. The number of benzene rings is 2. The number of hydrogen-bond acceptors (Lipinski definition) is 3. The molecule has 0 saturated heterocycles. The molecule has 0 bridgehead atoms. The monoisotopic (exact) mass is 347 g/mol. The Kier molecular flexibility index (Phi) is 5.11. The van der Waals surface area contributed by atoms with Gasteiger partial charge in [-0.1, -0.05) is 44.0 Å². The molecule has 24 heavy (non-hydrogen) atoms. The fourth-order valence-corrected chi connectivity index (χ4v) is 5.10. The normalized spacial score (nSPS) is 21.8. The molecule has 2 atom stereocenters. The van der Waals surface area contributed by atoms with Crippen molar-refractivity contribution in [1.82, 2.24) is 4.72 Å². The molecule has 0 heterocycles. The Hall–Kier alpha value is -1.59. The van der Waals surface area contributed by atoms with Crippen molar-refractivity contribution in [3.8, 4) is 5.75 Å². The van der Waals surface area contributed by atoms with Gasteiger partial charge in [-0.3, -0.25) is 0 Å². The highest BCUT2D eigenvalue weighted by Crippen LogP contribution is 2.32. The van der Waals surface area contributed by atoms with Crippen molar-refractivity contribution >= 4 is 20.8 Å². The molecule has 1 aliphatic carbocycles. The van der Waals surface area contributed by atoms with Crippen molar-refractivity contribution in [1.29, 1.82) is 0 Å². The Balaban J connectivity index is 2.00. The van der Waals surface area contributed by atoms with Crippen LogP contribution in [-0.2, 0) is 10.0 Å². The van der Waals surface area contributed by atoms with E-state index in [0.29, 0.717) is 22.8 Å². The Morgan fingerprint density at radius 2 is 1.79 bits per heavy atom. The second-order valence-corrected chi connectivity index (χ2v) is 8.21. The van der Waals surface area contributed by atoms with Crippen LogP contribution in [0.25, 0.3) is 10.8 Å². The van der Waals surface area contributed by atoms with Crippen molar-refractivity contribution in [2.45, 2.75) is 50.5 Å². The van der Waals surface area contributed by atoms with Gasteiger partial charge in [-0.25, -0.2) is 13.1 Å². The summed E-state index contributed by atoms with van der Waals surface area (Å²) in [4.78, 5) is 0.333. The third kappa shape index (κ3) is 3.42. The summed E-state index contributed by atoms with van der Waals surface area (Å²) in [5.41, 5.74) is 0. The highest BCUT2D eigenvalue weighted by molar-refractivity contribution is 7.89. The fourth-order valence-electron chi connectivity index (χ4n) is 3.51. The molecule has 0 aliphatic heterocycles. The maximum atomic E-state index is 13.0. The van der Waals surface area contributed by atoms with Gasteiger partial charge in [-0.2, -0.15) is 0 Å². The predicted octanol–water partition coefficient (Wildman–Crippen LogP) is 4.10. The van der Waals surface area contributed by atoms with Gasteiger partial charge < -0.3 is 4.74 Å². The topological polar surface area (TPSA) is 55.4 Å². The minimum atomic E-state index is -3.56. The van der Waals surface area contributed by atoms with Gasteiger partial charge in [-0.05, 0) is 37.8 Å². The highest BCUT2D eigenvalue weighted by atomic mass is 32.2. The van der Waals surface area contributed by atoms with Gasteiger partial charge in [0.25, 0.3) is 0 Å². The summed E-state index contributed by atoms with van der Waals surface area (Å²) in [7, 11) is -3.56. The molecule has 1 fully saturated rings. The number of nitrogens with one attached hydrogen (secondary N) is 1. The van der Waals surface area contributed by atoms with Gasteiger partial charge in [0.05, 0.1) is 11.5 Å². The first-order valence-electron chi connectivity index (χ1n) is 8.70. The highest BCUT2D eigenvalue weighted by Gasteiger charge is 2.28. The molecule has 130 valence electrons. The van der Waals surface area contributed by atoms with Gasteiger partial charge in [0.1, 0.15) is 5.75 Å². The third-order valence-electron chi connectivity index (χ3n) is 4.85. The van der Waals surface area contributed by atoms with Crippen LogP contribution >= 0.6 is 0 Å². The van der Waals surface area contributed by atoms with Crippen LogP contribution in [0.4, 0.5) is 0 Å². The van der Waals surface area contributed by atoms with E-state index in [9.17, 15) is 8.42 Å². The van der Waals surface area contributed by atoms with Crippen molar-refractivity contribution in [3.63, 3.8) is 0 Å². The van der Waals surface area contributed by atoms with E-state index >= 15 is 0 Å². The van der Waals surface area contributed by atoms with Crippen LogP contribution in [0.3, 0.4) is 0 Å². The average Bonchev–Trinajstić information content (AvgIpc) is 2.57. The second kappa shape index (κ2) is 7.11. The van der Waals surface area contributed by atoms with Crippen LogP contribution in [0, 0.1) is 5.92 Å². The van der Waals surface area contributed by atoms with Gasteiger partial charge in [0.2, 0.25) is 10.0 Å². The van der Waals surface area contributed by atoms with E-state index in [1.807, 2.05) is 31.2 Å². The molecule has 3 rings (SSSR count). The zero-order chi connectivity index (χ0) is 17.2. The van der Waals surface area contributed by atoms with E-state index in [4.69, 9.17) is 4.74 Å². The summed E-state index contributed by atoms with van der Waals surface area (Å²) in [6.45, 7) is 4.60. The van der Waals surface area contributed by atoms with Gasteiger partial charge in [0, 0.05) is 16.8 Å². The minimum Gasteiger partial charge on any atom is -0.493 e. The number of fused-ring (bicyclic) bond motifs is 1. The first kappa shape index (κ1) is 17.2. The number of sulfonamides is 1. The lowest BCUT2D eigenvalue weighted by Crippen LogP contribution is -2.41. The lowest BCUT2D eigenvalue weighted by atomic mass is 9.87. The fraction of sp³-hybridized carbons (Fsp3) is 0.474. The zero-order valence-electron chi connectivity index (χ0n) is 14.3. The number of rotatable bonds is 5. The minimum absolute atomic E-state index is 0.0223. The second-order valence-electron chi connectivity index (χ2n) is 6.53. The molecule has 0 radical (unpaired) electrons. The standard InChI is InChI=1S/C19H25NO3S/c1-3-23-18-12-13-19(16-10-6-5-9-15(16)18)24(21,22)20-17-11-7-4-8-14(17)2/h5-6,9-10,12-14,17,20H,3-4,7-8,11H2,1-2H3. The third-order valence-corrected chi connectivity index (χ3v) is 6.40. The van der Waals surface area contributed by atoms with E-state index in [0.717, 1.165) is 30.4 Å². The quantitative estimate of drug-likeness (QED) is 0.886. The van der Waals surface area contributed by atoms with E-state index in [1.54, 1.807) is 12.1 Å². The Bertz CT molecular complexity index is 816. The summed E-state index contributed by atoms with van der Waals surface area (Å²) < 4.78 is 34.5. The first-order valence-corrected chi connectivity index (χ1v) is 10.2. The van der Waals surface area contributed by atoms with Gasteiger partial charge in [0.15, 0.2) is 0 Å². The molecule has 1 N–H and O–H groups in total. The summed E-state index contributed by atoms with van der Waals surface area (Å²) in [6.07, 6.45) is 4.26. The van der Waals surface area contributed by atoms with E-state index in [-0.39, 0.29) is 6.04 Å². The molecule has 5 heteroatoms. The van der Waals surface area contributed by atoms with Crippen LogP contribution < -0.4 is 9.46 Å². The average molecular weight is 347 g/mol. The Morgan fingerprint density at radius 3 is 2.50 bits per heavy atom. The molecule has 2 unspecified atom stereocenters. The number of ether oxygens (including phenoxy) is 1. The smallest absolute Gasteiger partial charge is 0.241 e. The van der Waals surface area contributed by atoms with Crippen molar-refractivity contribution in [2.24, 2.45) is 5.92 Å². The maximum absolute atomic E-state index is 13.0. The van der Waals surface area contributed by atoms with Crippen LogP contribution in [0.5, 0.6) is 5.75 Å². The zero-order valence-corrected chi connectivity index (χ0v) is 15.1. The molecule has 0 spiro atoms. The molecule has 0 amide bonds. The molecular weight excluding hydrogens is 322 g/mol. The van der Waals surface area contributed by atoms with Crippen LogP contribution in [0.15, 0.2) is 41.3 Å². The molecule has 1 aliphatic rings. The molecule has 2 aromatic rings. The molecule has 0 aromatic heterocycles. The number of hydrogen-bond donors (Lipinski definition) is 1. The summed E-state index contributed by atoms with van der Waals surface area (Å²) >= 11 is 0. The van der Waals surface area contributed by atoms with Gasteiger partial charge in [-0.15, -0.1) is 0 Å². The van der Waals surface area contributed by atoms with Crippen LogP contribution in [0.1, 0.15) is 39.5 Å². The largest absolute Gasteiger partial charge is 0.493 e. The van der Waals surface area contributed by atoms with Crippen LogP contribution in [0.2, 0.25) is 0 Å². The summed E-state index contributed by atoms with van der Waals surface area (Å²) in [5, 5.41) is 1.54. The summed E-state index contributed by atoms with van der Waals surface area (Å²) in [6, 6.07) is 10.9. The van der Waals surface area contributed by atoms with Crippen molar-refractivity contribution < 1.29 is 13.2 Å². The van der Waals surface area contributed by atoms with Gasteiger partial charge >= 0.3 is 0 Å². The van der Waals surface area contributed by atoms with Crippen LogP contribution in [-0.4, -0.2) is 21.1 Å².